The van der Waals surface area contributed by atoms with Gasteiger partial charge in [-0.05, 0) is 25.1 Å². The number of sulfonamides is 1. The highest BCUT2D eigenvalue weighted by Crippen LogP contribution is 2.36. The first kappa shape index (κ1) is 26.8. The van der Waals surface area contributed by atoms with E-state index in [9.17, 15) is 22.9 Å². The number of nitrogens with zero attached hydrogens (tertiary/aromatic N) is 4. The van der Waals surface area contributed by atoms with Crippen LogP contribution in [0.25, 0.3) is 21.5 Å². The zero-order valence-electron chi connectivity index (χ0n) is 20.6. The molecule has 0 fully saturated rings. The molecule has 0 aliphatic rings. The van der Waals surface area contributed by atoms with E-state index >= 15 is 0 Å². The topological polar surface area (TPSA) is 148 Å². The summed E-state index contributed by atoms with van der Waals surface area (Å²) in [4.78, 5) is 21.6. The molecule has 198 valence electrons. The van der Waals surface area contributed by atoms with Crippen LogP contribution in [-0.4, -0.2) is 55.4 Å². The molecule has 38 heavy (non-hydrogen) atoms. The first-order chi connectivity index (χ1) is 18.1. The molecule has 0 saturated carbocycles. The molecule has 0 aliphatic carbocycles. The van der Waals surface area contributed by atoms with Gasteiger partial charge in [-0.25, -0.2) is 27.5 Å². The summed E-state index contributed by atoms with van der Waals surface area (Å²) in [5.74, 6) is -0.0999. The van der Waals surface area contributed by atoms with Gasteiger partial charge in [-0.3, -0.25) is 4.79 Å². The molecule has 0 unspecified atom stereocenters. The number of aromatic nitrogens is 3. The molecule has 14 heteroatoms. The van der Waals surface area contributed by atoms with Crippen LogP contribution in [0.4, 0.5) is 10.2 Å². The summed E-state index contributed by atoms with van der Waals surface area (Å²) in [5.41, 5.74) is 1.04. The minimum atomic E-state index is -3.76. The van der Waals surface area contributed by atoms with Crippen LogP contribution in [0.1, 0.15) is 22.3 Å². The van der Waals surface area contributed by atoms with E-state index in [-0.39, 0.29) is 35.0 Å². The van der Waals surface area contributed by atoms with Crippen molar-refractivity contribution in [1.29, 1.82) is 5.26 Å². The summed E-state index contributed by atoms with van der Waals surface area (Å²) in [6.45, 7) is 2.59. The lowest BCUT2D eigenvalue weighted by molar-refractivity contribution is 0.0982. The van der Waals surface area contributed by atoms with Crippen molar-refractivity contribution in [2.45, 2.75) is 13.5 Å². The van der Waals surface area contributed by atoms with E-state index in [4.69, 9.17) is 9.47 Å². The average Bonchev–Trinajstić information content (AvgIpc) is 3.46. The minimum Gasteiger partial charge on any atom is -0.496 e. The molecule has 4 rings (SSSR count). The number of ether oxygens (including phenoxy) is 2. The van der Waals surface area contributed by atoms with Crippen molar-refractivity contribution in [3.8, 4) is 28.1 Å². The van der Waals surface area contributed by atoms with Gasteiger partial charge in [-0.2, -0.15) is 5.26 Å². The highest BCUT2D eigenvalue weighted by Gasteiger charge is 2.22. The number of thiophene rings is 1. The van der Waals surface area contributed by atoms with E-state index < -0.39 is 21.7 Å². The molecule has 1 aromatic carbocycles. The Labute approximate surface area is 221 Å². The molecule has 0 atom stereocenters. The van der Waals surface area contributed by atoms with Gasteiger partial charge >= 0.3 is 0 Å². The van der Waals surface area contributed by atoms with E-state index in [0.717, 1.165) is 17.6 Å². The fraction of sp³-hybridized carbons (Fsp3) is 0.250. The third-order valence-electron chi connectivity index (χ3n) is 5.35. The average molecular weight is 559 g/mol. The number of methoxy groups -OCH3 is 1. The van der Waals surface area contributed by atoms with Crippen LogP contribution in [0.15, 0.2) is 36.7 Å². The standard InChI is InChI=1S/C24H23FN6O5S2/c1-4-36-19-11-20(37-23(19)24(32)30-38(3,33)34)17-10-21(29-13-28-17)27-7-8-31-14(12-26)9-15-18(35-2)6-5-16(25)22(15)31/h5-6,9-11,13H,4,7-8H2,1-3H3,(H,30,32)(H,27,28,29). The Bertz CT molecular complexity index is 1660. The van der Waals surface area contributed by atoms with E-state index in [1.165, 1.54) is 25.6 Å². The van der Waals surface area contributed by atoms with Crippen LogP contribution in [-0.2, 0) is 16.6 Å². The third-order valence-corrected chi connectivity index (χ3v) is 7.04. The molecule has 2 N–H and O–H groups in total. The molecular weight excluding hydrogens is 535 g/mol. The number of rotatable bonds is 10. The highest BCUT2D eigenvalue weighted by molar-refractivity contribution is 7.89. The van der Waals surface area contributed by atoms with Crippen LogP contribution in [0.5, 0.6) is 11.5 Å². The molecule has 0 spiro atoms. The number of hydrogen-bond acceptors (Lipinski definition) is 10. The Kier molecular flexibility index (Phi) is 7.79. The van der Waals surface area contributed by atoms with Gasteiger partial charge in [0.2, 0.25) is 10.0 Å². The molecule has 3 aromatic heterocycles. The van der Waals surface area contributed by atoms with Gasteiger partial charge in [0.05, 0.1) is 36.1 Å². The van der Waals surface area contributed by atoms with Gasteiger partial charge in [0, 0.05) is 30.6 Å². The molecule has 0 aliphatic heterocycles. The number of fused-ring (bicyclic) bond motifs is 1. The van der Waals surface area contributed by atoms with Crippen molar-refractivity contribution < 1.29 is 27.1 Å². The molecule has 3 heterocycles. The Morgan fingerprint density at radius 2 is 2.03 bits per heavy atom. The zero-order valence-corrected chi connectivity index (χ0v) is 22.2. The number of halogens is 1. The molecule has 0 bridgehead atoms. The van der Waals surface area contributed by atoms with Gasteiger partial charge in [0.25, 0.3) is 5.91 Å². The monoisotopic (exact) mass is 558 g/mol. The predicted molar refractivity (Wildman–Crippen MR) is 140 cm³/mol. The largest absolute Gasteiger partial charge is 0.496 e. The van der Waals surface area contributed by atoms with E-state index in [1.807, 2.05) is 4.72 Å². The smallest absolute Gasteiger partial charge is 0.278 e. The van der Waals surface area contributed by atoms with Crippen LogP contribution in [0, 0.1) is 17.1 Å². The fourth-order valence-electron chi connectivity index (χ4n) is 3.84. The summed E-state index contributed by atoms with van der Waals surface area (Å²) in [7, 11) is -2.27. The summed E-state index contributed by atoms with van der Waals surface area (Å²) < 4.78 is 52.0. The second-order valence-corrected chi connectivity index (χ2v) is 10.8. The maximum atomic E-state index is 14.6. The molecule has 1 amide bonds. The normalized spacial score (nSPS) is 11.2. The van der Waals surface area contributed by atoms with Crippen molar-refractivity contribution in [1.82, 2.24) is 19.3 Å². The predicted octanol–water partition coefficient (Wildman–Crippen LogP) is 3.38. The maximum Gasteiger partial charge on any atom is 0.278 e. The van der Waals surface area contributed by atoms with Crippen molar-refractivity contribution in [3.63, 3.8) is 0 Å². The van der Waals surface area contributed by atoms with E-state index in [2.05, 4.69) is 21.4 Å². The van der Waals surface area contributed by atoms with Crippen molar-refractivity contribution in [2.24, 2.45) is 0 Å². The molecule has 0 radical (unpaired) electrons. The first-order valence-corrected chi connectivity index (χ1v) is 14.0. The quantitative estimate of drug-likeness (QED) is 0.299. The fourth-order valence-corrected chi connectivity index (χ4v) is 5.30. The number of anilines is 1. The lowest BCUT2D eigenvalue weighted by Crippen LogP contribution is -2.28. The number of benzene rings is 1. The van der Waals surface area contributed by atoms with Crippen LogP contribution >= 0.6 is 11.3 Å². The number of amides is 1. The Morgan fingerprint density at radius 3 is 2.71 bits per heavy atom. The van der Waals surface area contributed by atoms with Gasteiger partial charge in [0.1, 0.15) is 46.1 Å². The molecule has 4 aromatic rings. The minimum absolute atomic E-state index is 0.0985. The van der Waals surface area contributed by atoms with Gasteiger partial charge < -0.3 is 19.4 Å². The number of nitriles is 1. The lowest BCUT2D eigenvalue weighted by atomic mass is 10.2. The van der Waals surface area contributed by atoms with Gasteiger partial charge in [-0.1, -0.05) is 0 Å². The van der Waals surface area contributed by atoms with Crippen LogP contribution in [0.3, 0.4) is 0 Å². The van der Waals surface area contributed by atoms with E-state index in [0.29, 0.717) is 34.1 Å². The summed E-state index contributed by atoms with van der Waals surface area (Å²) >= 11 is 1.03. The molecular formula is C24H23FN6O5S2. The first-order valence-electron chi connectivity index (χ1n) is 11.3. The molecule has 0 saturated heterocycles. The third kappa shape index (κ3) is 5.68. The number of carbonyl (C=O) groups is 1. The highest BCUT2D eigenvalue weighted by atomic mass is 32.2. The van der Waals surface area contributed by atoms with Crippen LogP contribution < -0.4 is 19.5 Å². The van der Waals surface area contributed by atoms with Crippen LogP contribution in [0.2, 0.25) is 0 Å². The van der Waals surface area contributed by atoms with Gasteiger partial charge in [-0.15, -0.1) is 11.3 Å². The Hall–Kier alpha value is -4.22. The molecule has 11 nitrogen and oxygen atoms in total. The van der Waals surface area contributed by atoms with Crippen molar-refractivity contribution >= 4 is 44.0 Å². The number of hydrogen-bond donors (Lipinski definition) is 2. The lowest BCUT2D eigenvalue weighted by Gasteiger charge is -2.11. The Balaban J connectivity index is 1.55. The van der Waals surface area contributed by atoms with Gasteiger partial charge in [0.15, 0.2) is 0 Å². The second-order valence-electron chi connectivity index (χ2n) is 7.96. The van der Waals surface area contributed by atoms with Crippen molar-refractivity contribution in [3.05, 3.63) is 53.0 Å². The summed E-state index contributed by atoms with van der Waals surface area (Å²) in [6.07, 6.45) is 2.23. The summed E-state index contributed by atoms with van der Waals surface area (Å²) in [6, 6.07) is 9.76. The summed E-state index contributed by atoms with van der Waals surface area (Å²) in [5, 5.41) is 13.2. The number of carbonyl (C=O) groups excluding carboxylic acids is 1. The number of nitrogens with one attached hydrogen (secondary N) is 2. The van der Waals surface area contributed by atoms with Crippen molar-refractivity contribution in [2.75, 3.05) is 31.8 Å². The zero-order chi connectivity index (χ0) is 27.4. The SMILES string of the molecule is CCOc1cc(-c2cc(NCCn3c(C#N)cc4c(OC)ccc(F)c43)ncn2)sc1C(=O)NS(C)(=O)=O. The Morgan fingerprint density at radius 1 is 1.24 bits per heavy atom. The maximum absolute atomic E-state index is 14.6. The van der Waals surface area contributed by atoms with E-state index in [1.54, 1.807) is 29.7 Å². The second kappa shape index (κ2) is 11.0.